The van der Waals surface area contributed by atoms with Crippen molar-refractivity contribution in [3.05, 3.63) is 70.6 Å². The van der Waals surface area contributed by atoms with Gasteiger partial charge in [0.2, 0.25) is 5.91 Å². The van der Waals surface area contributed by atoms with Crippen LogP contribution >= 0.6 is 0 Å². The Morgan fingerprint density at radius 2 is 1.69 bits per heavy atom. The van der Waals surface area contributed by atoms with Crippen LogP contribution in [-0.2, 0) is 11.2 Å². The lowest BCUT2D eigenvalue weighted by molar-refractivity contribution is -0.115. The molecule has 5 heteroatoms. The van der Waals surface area contributed by atoms with E-state index in [0.717, 1.165) is 42.6 Å². The van der Waals surface area contributed by atoms with Gasteiger partial charge in [0.15, 0.2) is 5.69 Å². The Morgan fingerprint density at radius 1 is 1.00 bits per heavy atom. The van der Waals surface area contributed by atoms with Gasteiger partial charge < -0.3 is 14.6 Å². The number of hydrogen-bond donors (Lipinski definition) is 1. The lowest BCUT2D eigenvalue weighted by Gasteiger charge is -2.22. The first-order valence-electron chi connectivity index (χ1n) is 8.87. The fourth-order valence-electron chi connectivity index (χ4n) is 3.48. The molecule has 4 rings (SSSR count). The maximum Gasteiger partial charge on any atom is 0.362 e. The number of hydrogen-bond acceptors (Lipinski definition) is 4. The number of anilines is 2. The summed E-state index contributed by atoms with van der Waals surface area (Å²) in [5.74, 6) is -0.223. The first kappa shape index (κ1) is 16.4. The van der Waals surface area contributed by atoms with E-state index < -0.39 is 5.63 Å². The summed E-state index contributed by atoms with van der Waals surface area (Å²) >= 11 is 0. The zero-order valence-electron chi connectivity index (χ0n) is 14.4. The van der Waals surface area contributed by atoms with Crippen molar-refractivity contribution in [2.45, 2.75) is 19.3 Å². The largest absolute Gasteiger partial charge is 0.421 e. The molecule has 26 heavy (non-hydrogen) atoms. The monoisotopic (exact) mass is 348 g/mol. The molecule has 0 spiro atoms. The van der Waals surface area contributed by atoms with Gasteiger partial charge in [0.1, 0.15) is 5.58 Å². The van der Waals surface area contributed by atoms with Crippen LogP contribution in [-0.4, -0.2) is 19.0 Å². The topological polar surface area (TPSA) is 62.6 Å². The molecular weight excluding hydrogens is 328 g/mol. The SMILES string of the molecule is O=C(Cc1ccccc1)Nc1c(N2CCCC2)c2ccccc2oc1=O. The predicted molar refractivity (Wildman–Crippen MR) is 103 cm³/mol. The fraction of sp³-hybridized carbons (Fsp3) is 0.238. The van der Waals surface area contributed by atoms with Crippen molar-refractivity contribution in [3.8, 4) is 0 Å². The van der Waals surface area contributed by atoms with E-state index in [1.54, 1.807) is 6.07 Å². The Hall–Kier alpha value is -3.08. The van der Waals surface area contributed by atoms with Crippen LogP contribution < -0.4 is 15.8 Å². The molecule has 3 aromatic rings. The van der Waals surface area contributed by atoms with Crippen molar-refractivity contribution < 1.29 is 9.21 Å². The van der Waals surface area contributed by atoms with Crippen LogP contribution in [0.4, 0.5) is 11.4 Å². The van der Waals surface area contributed by atoms with Gasteiger partial charge in [0.05, 0.1) is 12.1 Å². The van der Waals surface area contributed by atoms with E-state index in [1.165, 1.54) is 0 Å². The van der Waals surface area contributed by atoms with E-state index in [4.69, 9.17) is 4.42 Å². The lowest BCUT2D eigenvalue weighted by atomic mass is 10.1. The molecule has 5 nitrogen and oxygen atoms in total. The number of rotatable bonds is 4. The van der Waals surface area contributed by atoms with Gasteiger partial charge in [0, 0.05) is 18.5 Å². The average Bonchev–Trinajstić information content (AvgIpc) is 3.17. The zero-order chi connectivity index (χ0) is 17.9. The Bertz CT molecular complexity index is 989. The lowest BCUT2D eigenvalue weighted by Crippen LogP contribution is -2.26. The number of nitrogens with one attached hydrogen (secondary N) is 1. The molecule has 2 aromatic carbocycles. The summed E-state index contributed by atoms with van der Waals surface area (Å²) in [4.78, 5) is 27.3. The average molecular weight is 348 g/mol. The molecule has 1 amide bonds. The van der Waals surface area contributed by atoms with E-state index in [9.17, 15) is 9.59 Å². The Morgan fingerprint density at radius 3 is 2.46 bits per heavy atom. The quantitative estimate of drug-likeness (QED) is 0.732. The number of carbonyl (C=O) groups excluding carboxylic acids is 1. The maximum absolute atomic E-state index is 12.6. The van der Waals surface area contributed by atoms with Crippen molar-refractivity contribution in [1.29, 1.82) is 0 Å². The van der Waals surface area contributed by atoms with Crippen LogP contribution in [0, 0.1) is 0 Å². The molecule has 1 aliphatic heterocycles. The first-order valence-corrected chi connectivity index (χ1v) is 8.87. The Kier molecular flexibility index (Phi) is 4.44. The molecule has 2 heterocycles. The second kappa shape index (κ2) is 7.04. The zero-order valence-corrected chi connectivity index (χ0v) is 14.4. The smallest absolute Gasteiger partial charge is 0.362 e. The molecule has 0 unspecified atom stereocenters. The molecule has 0 aliphatic carbocycles. The Balaban J connectivity index is 1.73. The van der Waals surface area contributed by atoms with Crippen molar-refractivity contribution >= 4 is 28.3 Å². The van der Waals surface area contributed by atoms with Gasteiger partial charge in [-0.05, 0) is 30.5 Å². The highest BCUT2D eigenvalue weighted by Crippen LogP contribution is 2.34. The highest BCUT2D eigenvalue weighted by molar-refractivity contribution is 6.03. The van der Waals surface area contributed by atoms with Crippen LogP contribution in [0.5, 0.6) is 0 Å². The van der Waals surface area contributed by atoms with E-state index in [-0.39, 0.29) is 18.0 Å². The molecular formula is C21H20N2O3. The molecule has 0 bridgehead atoms. The summed E-state index contributed by atoms with van der Waals surface area (Å²) in [5.41, 5.74) is 1.95. The third-order valence-electron chi connectivity index (χ3n) is 4.68. The van der Waals surface area contributed by atoms with Gasteiger partial charge in [-0.25, -0.2) is 4.79 Å². The molecule has 0 radical (unpaired) electrons. The standard InChI is InChI=1S/C21H20N2O3/c24-18(14-15-8-2-1-3-9-15)22-19-20(23-12-6-7-13-23)16-10-4-5-11-17(16)26-21(19)25/h1-5,8-11H,6-7,12-14H2,(H,22,24). The number of fused-ring (bicyclic) bond motifs is 1. The van der Waals surface area contributed by atoms with E-state index >= 15 is 0 Å². The van der Waals surface area contributed by atoms with Crippen LogP contribution in [0.2, 0.25) is 0 Å². The molecule has 1 aromatic heterocycles. The molecule has 1 fully saturated rings. The predicted octanol–water partition coefficient (Wildman–Crippen LogP) is 3.57. The van der Waals surface area contributed by atoms with E-state index in [1.807, 2.05) is 48.5 Å². The number of nitrogens with zero attached hydrogens (tertiary/aromatic N) is 1. The highest BCUT2D eigenvalue weighted by atomic mass is 16.4. The van der Waals surface area contributed by atoms with Gasteiger partial charge in [-0.2, -0.15) is 0 Å². The molecule has 132 valence electrons. The Labute approximate surface area is 151 Å². The molecule has 0 saturated carbocycles. The summed E-state index contributed by atoms with van der Waals surface area (Å²) in [6, 6.07) is 16.9. The van der Waals surface area contributed by atoms with Crippen LogP contribution in [0.1, 0.15) is 18.4 Å². The van der Waals surface area contributed by atoms with Crippen LogP contribution in [0.25, 0.3) is 11.0 Å². The van der Waals surface area contributed by atoms with Crippen molar-refractivity contribution in [2.75, 3.05) is 23.3 Å². The second-order valence-corrected chi connectivity index (χ2v) is 6.51. The fourth-order valence-corrected chi connectivity index (χ4v) is 3.48. The number of para-hydroxylation sites is 1. The van der Waals surface area contributed by atoms with Gasteiger partial charge in [-0.3, -0.25) is 4.79 Å². The minimum Gasteiger partial charge on any atom is -0.421 e. The second-order valence-electron chi connectivity index (χ2n) is 6.51. The van der Waals surface area contributed by atoms with Crippen LogP contribution in [0.3, 0.4) is 0 Å². The molecule has 1 N–H and O–H groups in total. The summed E-state index contributed by atoms with van der Waals surface area (Å²) < 4.78 is 5.45. The van der Waals surface area contributed by atoms with Crippen LogP contribution in [0.15, 0.2) is 63.8 Å². The third kappa shape index (κ3) is 3.20. The number of benzene rings is 2. The number of amides is 1. The van der Waals surface area contributed by atoms with Gasteiger partial charge in [-0.1, -0.05) is 42.5 Å². The molecule has 0 atom stereocenters. The van der Waals surface area contributed by atoms with Crippen molar-refractivity contribution in [2.24, 2.45) is 0 Å². The first-order chi connectivity index (χ1) is 12.7. The normalized spacial score (nSPS) is 13.9. The van der Waals surface area contributed by atoms with Crippen molar-refractivity contribution in [3.63, 3.8) is 0 Å². The number of carbonyl (C=O) groups is 1. The summed E-state index contributed by atoms with van der Waals surface area (Å²) in [5, 5.41) is 3.66. The van der Waals surface area contributed by atoms with E-state index in [2.05, 4.69) is 10.2 Å². The minimum absolute atomic E-state index is 0.215. The molecule has 1 aliphatic rings. The third-order valence-corrected chi connectivity index (χ3v) is 4.68. The highest BCUT2D eigenvalue weighted by Gasteiger charge is 2.23. The molecule has 1 saturated heterocycles. The van der Waals surface area contributed by atoms with Crippen molar-refractivity contribution in [1.82, 2.24) is 0 Å². The van der Waals surface area contributed by atoms with Gasteiger partial charge >= 0.3 is 5.63 Å². The summed E-state index contributed by atoms with van der Waals surface area (Å²) in [6.07, 6.45) is 2.37. The minimum atomic E-state index is -0.507. The van der Waals surface area contributed by atoms with E-state index in [0.29, 0.717) is 5.58 Å². The van der Waals surface area contributed by atoms with Gasteiger partial charge in [-0.15, -0.1) is 0 Å². The maximum atomic E-state index is 12.6. The van der Waals surface area contributed by atoms with Gasteiger partial charge in [0.25, 0.3) is 0 Å². The summed E-state index contributed by atoms with van der Waals surface area (Å²) in [7, 11) is 0. The summed E-state index contributed by atoms with van der Waals surface area (Å²) in [6.45, 7) is 1.74.